The van der Waals surface area contributed by atoms with Crippen molar-refractivity contribution in [3.8, 4) is 0 Å². The molecule has 2 aromatic rings. The Kier molecular flexibility index (Phi) is 15.8. The van der Waals surface area contributed by atoms with E-state index in [0.717, 1.165) is 19.3 Å². The second kappa shape index (κ2) is 18.8. The monoisotopic (exact) mass is 531 g/mol. The lowest BCUT2D eigenvalue weighted by atomic mass is 9.97. The normalized spacial score (nSPS) is 12.4. The quantitative estimate of drug-likeness (QED) is 0.123. The molecule has 8 heteroatoms. The summed E-state index contributed by atoms with van der Waals surface area (Å²) >= 11 is 0. The van der Waals surface area contributed by atoms with Gasteiger partial charge in [0, 0.05) is 18.9 Å². The summed E-state index contributed by atoms with van der Waals surface area (Å²) in [5.74, 6) is 0.507. The first-order chi connectivity index (χ1) is 18.4. The molecule has 0 unspecified atom stereocenters. The number of fused-ring (bicyclic) bond motifs is 1. The van der Waals surface area contributed by atoms with Crippen LogP contribution in [0.1, 0.15) is 130 Å². The molecule has 2 heterocycles. The van der Waals surface area contributed by atoms with Crippen LogP contribution in [-0.4, -0.2) is 32.1 Å². The Balaban J connectivity index is 1.55. The number of esters is 1. The van der Waals surface area contributed by atoms with Gasteiger partial charge >= 0.3 is 5.97 Å². The summed E-state index contributed by atoms with van der Waals surface area (Å²) in [5.41, 5.74) is 6.10. The minimum absolute atomic E-state index is 0.0691. The SMILES string of the molecule is CCCCCCCCCCCCCCCCCC(=O)OC[C@H](CC(C)C)Cn1cnc2c(=O)[nH]c(N)nc21. The van der Waals surface area contributed by atoms with Crippen LogP contribution in [0.3, 0.4) is 0 Å². The van der Waals surface area contributed by atoms with Gasteiger partial charge in [-0.2, -0.15) is 4.98 Å². The van der Waals surface area contributed by atoms with Crippen molar-refractivity contribution in [2.75, 3.05) is 12.3 Å². The number of unbranched alkanes of at least 4 members (excludes halogenated alkanes) is 14. The summed E-state index contributed by atoms with van der Waals surface area (Å²) in [5, 5.41) is 0. The van der Waals surface area contributed by atoms with E-state index in [-0.39, 0.29) is 28.9 Å². The maximum absolute atomic E-state index is 12.4. The highest BCUT2D eigenvalue weighted by Crippen LogP contribution is 2.18. The molecule has 0 saturated carbocycles. The third-order valence-corrected chi connectivity index (χ3v) is 7.22. The van der Waals surface area contributed by atoms with Crippen LogP contribution in [0.25, 0.3) is 11.2 Å². The van der Waals surface area contributed by atoms with Crippen molar-refractivity contribution in [2.45, 2.75) is 136 Å². The zero-order chi connectivity index (χ0) is 27.6. The molecule has 1 atom stereocenters. The average Bonchev–Trinajstić information content (AvgIpc) is 3.27. The van der Waals surface area contributed by atoms with Crippen molar-refractivity contribution >= 4 is 23.1 Å². The fourth-order valence-electron chi connectivity index (χ4n) is 5.17. The fourth-order valence-corrected chi connectivity index (χ4v) is 5.17. The van der Waals surface area contributed by atoms with Crippen molar-refractivity contribution in [1.29, 1.82) is 0 Å². The van der Waals surface area contributed by atoms with Crippen LogP contribution in [-0.2, 0) is 16.1 Å². The van der Waals surface area contributed by atoms with E-state index in [4.69, 9.17) is 10.5 Å². The van der Waals surface area contributed by atoms with Crippen LogP contribution in [0.2, 0.25) is 0 Å². The van der Waals surface area contributed by atoms with Crippen molar-refractivity contribution in [3.05, 3.63) is 16.7 Å². The number of carbonyl (C=O) groups excluding carboxylic acids is 1. The summed E-state index contributed by atoms with van der Waals surface area (Å²) in [7, 11) is 0. The van der Waals surface area contributed by atoms with Gasteiger partial charge in [-0.1, -0.05) is 111 Å². The number of rotatable bonds is 22. The molecule has 0 aliphatic heterocycles. The van der Waals surface area contributed by atoms with Gasteiger partial charge in [0.25, 0.3) is 5.56 Å². The average molecular weight is 532 g/mol. The number of nitrogens with zero attached hydrogens (tertiary/aromatic N) is 3. The van der Waals surface area contributed by atoms with Crippen LogP contribution in [0.15, 0.2) is 11.1 Å². The van der Waals surface area contributed by atoms with Gasteiger partial charge in [-0.05, 0) is 18.8 Å². The zero-order valence-corrected chi connectivity index (χ0v) is 24.3. The number of aromatic amines is 1. The lowest BCUT2D eigenvalue weighted by molar-refractivity contribution is -0.145. The summed E-state index contributed by atoms with van der Waals surface area (Å²) in [6, 6.07) is 0. The van der Waals surface area contributed by atoms with Gasteiger partial charge in [-0.15, -0.1) is 0 Å². The van der Waals surface area contributed by atoms with Crippen molar-refractivity contribution in [3.63, 3.8) is 0 Å². The third kappa shape index (κ3) is 12.9. The molecule has 0 bridgehead atoms. The van der Waals surface area contributed by atoms with Gasteiger partial charge in [0.15, 0.2) is 11.2 Å². The van der Waals surface area contributed by atoms with Crippen molar-refractivity contribution in [1.82, 2.24) is 19.5 Å². The van der Waals surface area contributed by atoms with Crippen LogP contribution in [0.5, 0.6) is 0 Å². The zero-order valence-electron chi connectivity index (χ0n) is 24.3. The molecule has 0 aromatic carbocycles. The Morgan fingerprint density at radius 1 is 0.947 bits per heavy atom. The lowest BCUT2D eigenvalue weighted by Crippen LogP contribution is -2.21. The van der Waals surface area contributed by atoms with E-state index in [1.165, 1.54) is 83.5 Å². The summed E-state index contributed by atoms with van der Waals surface area (Å²) in [6.45, 7) is 7.49. The number of aromatic nitrogens is 4. The molecule has 0 saturated heterocycles. The number of nitrogens with two attached hydrogens (primary N) is 1. The first-order valence-electron chi connectivity index (χ1n) is 15.3. The Labute approximate surface area is 229 Å². The summed E-state index contributed by atoms with van der Waals surface area (Å²) in [6.07, 6.45) is 22.6. The number of anilines is 1. The molecule has 0 fully saturated rings. The summed E-state index contributed by atoms with van der Waals surface area (Å²) in [4.78, 5) is 35.3. The maximum Gasteiger partial charge on any atom is 0.305 e. The Hall–Kier alpha value is -2.38. The molecule has 2 rings (SSSR count). The third-order valence-electron chi connectivity index (χ3n) is 7.22. The first kappa shape index (κ1) is 31.8. The number of nitrogens with one attached hydrogen (secondary N) is 1. The summed E-state index contributed by atoms with van der Waals surface area (Å²) < 4.78 is 7.48. The van der Waals surface area contributed by atoms with Gasteiger partial charge < -0.3 is 15.0 Å². The smallest absolute Gasteiger partial charge is 0.305 e. The molecular weight excluding hydrogens is 478 g/mol. The van der Waals surface area contributed by atoms with E-state index in [0.29, 0.717) is 31.1 Å². The fraction of sp³-hybridized carbons (Fsp3) is 0.800. The highest BCUT2D eigenvalue weighted by Gasteiger charge is 2.18. The number of nitrogen functional groups attached to an aromatic ring is 1. The van der Waals surface area contributed by atoms with Gasteiger partial charge in [-0.3, -0.25) is 14.6 Å². The molecule has 3 N–H and O–H groups in total. The number of H-pyrrole nitrogens is 1. The van der Waals surface area contributed by atoms with Gasteiger partial charge in [0.2, 0.25) is 5.95 Å². The molecule has 8 nitrogen and oxygen atoms in total. The van der Waals surface area contributed by atoms with Crippen LogP contribution < -0.4 is 11.3 Å². The second-order valence-electron chi connectivity index (χ2n) is 11.4. The lowest BCUT2D eigenvalue weighted by Gasteiger charge is -2.19. The van der Waals surface area contributed by atoms with E-state index in [1.54, 1.807) is 6.33 Å². The van der Waals surface area contributed by atoms with Crippen LogP contribution >= 0.6 is 0 Å². The Morgan fingerprint density at radius 2 is 1.50 bits per heavy atom. The molecule has 0 aliphatic rings. The van der Waals surface area contributed by atoms with Crippen LogP contribution in [0.4, 0.5) is 5.95 Å². The molecular formula is C30H53N5O3. The van der Waals surface area contributed by atoms with E-state index >= 15 is 0 Å². The topological polar surface area (TPSA) is 116 Å². The minimum atomic E-state index is -0.346. The molecule has 216 valence electrons. The van der Waals surface area contributed by atoms with E-state index in [1.807, 2.05) is 4.57 Å². The van der Waals surface area contributed by atoms with Gasteiger partial charge in [0.05, 0.1) is 12.9 Å². The predicted octanol–water partition coefficient (Wildman–Crippen LogP) is 7.17. The van der Waals surface area contributed by atoms with E-state index < -0.39 is 0 Å². The standard InChI is InChI=1S/C30H53N5O3/c1-4-5-6-7-8-9-10-11-12-13-14-15-16-17-18-19-26(36)38-22-25(20-24(2)3)21-35-23-32-27-28(35)33-30(31)34-29(27)37/h23-25H,4-22H2,1-3H3,(H3,31,33,34,37)/t25-/m1/s1. The first-order valence-corrected chi connectivity index (χ1v) is 15.3. The number of ether oxygens (including phenoxy) is 1. The highest BCUT2D eigenvalue weighted by molar-refractivity contribution is 5.70. The molecule has 38 heavy (non-hydrogen) atoms. The maximum atomic E-state index is 12.4. The minimum Gasteiger partial charge on any atom is -0.465 e. The number of imidazole rings is 1. The Morgan fingerprint density at radius 3 is 2.05 bits per heavy atom. The largest absolute Gasteiger partial charge is 0.465 e. The molecule has 0 aliphatic carbocycles. The molecule has 2 aromatic heterocycles. The second-order valence-corrected chi connectivity index (χ2v) is 11.4. The number of hydrogen-bond donors (Lipinski definition) is 2. The predicted molar refractivity (Wildman–Crippen MR) is 156 cm³/mol. The van der Waals surface area contributed by atoms with Crippen molar-refractivity contribution < 1.29 is 9.53 Å². The highest BCUT2D eigenvalue weighted by atomic mass is 16.5. The van der Waals surface area contributed by atoms with Crippen LogP contribution in [0, 0.1) is 11.8 Å². The van der Waals surface area contributed by atoms with Crippen molar-refractivity contribution in [2.24, 2.45) is 11.8 Å². The van der Waals surface area contributed by atoms with Gasteiger partial charge in [0.1, 0.15) is 0 Å². The van der Waals surface area contributed by atoms with E-state index in [2.05, 4.69) is 35.7 Å². The van der Waals surface area contributed by atoms with E-state index in [9.17, 15) is 9.59 Å². The molecule has 0 amide bonds. The van der Waals surface area contributed by atoms with Gasteiger partial charge in [-0.25, -0.2) is 4.98 Å². The Bertz CT molecular complexity index is 968. The number of carbonyl (C=O) groups is 1. The molecule has 0 spiro atoms. The number of hydrogen-bond acceptors (Lipinski definition) is 6. The molecule has 0 radical (unpaired) electrons.